The van der Waals surface area contributed by atoms with Crippen LogP contribution in [0.1, 0.15) is 24.0 Å². The van der Waals surface area contributed by atoms with E-state index in [0.29, 0.717) is 50.3 Å². The van der Waals surface area contributed by atoms with Crippen LogP contribution in [0.5, 0.6) is 0 Å². The highest BCUT2D eigenvalue weighted by atomic mass is 32.2. The Morgan fingerprint density at radius 2 is 1.75 bits per heavy atom. The summed E-state index contributed by atoms with van der Waals surface area (Å²) < 4.78 is 51.1. The van der Waals surface area contributed by atoms with Crippen LogP contribution in [0.25, 0.3) is 0 Å². The van der Waals surface area contributed by atoms with Gasteiger partial charge in [0.25, 0.3) is 10.0 Å². The topological polar surface area (TPSA) is 139 Å². The number of amidine groups is 1. The molecule has 11 heteroatoms. The van der Waals surface area contributed by atoms with Gasteiger partial charge >= 0.3 is 0 Å². The van der Waals surface area contributed by atoms with Crippen molar-refractivity contribution in [1.29, 1.82) is 0 Å². The van der Waals surface area contributed by atoms with Crippen molar-refractivity contribution in [3.8, 4) is 0 Å². The molecule has 4 rings (SSSR count). The third-order valence-corrected chi connectivity index (χ3v) is 8.00. The Balaban J connectivity index is 1.28. The molecular weight excluding hydrogens is 452 g/mol. The zero-order valence-electron chi connectivity index (χ0n) is 17.3. The lowest BCUT2D eigenvalue weighted by Gasteiger charge is -2.32. The van der Waals surface area contributed by atoms with E-state index < -0.39 is 20.0 Å². The Bertz CT molecular complexity index is 1260. The summed E-state index contributed by atoms with van der Waals surface area (Å²) in [4.78, 5) is 14.8. The minimum Gasteiger partial charge on any atom is -0.356 e. The summed E-state index contributed by atoms with van der Waals surface area (Å²) >= 11 is 0. The third kappa shape index (κ3) is 4.69. The molecule has 170 valence electrons. The van der Waals surface area contributed by atoms with Gasteiger partial charge in [-0.3, -0.25) is 4.79 Å². The quantitative estimate of drug-likeness (QED) is 0.656. The molecule has 0 saturated carbocycles. The van der Waals surface area contributed by atoms with Gasteiger partial charge in [-0.25, -0.2) is 13.6 Å². The minimum absolute atomic E-state index is 0.0350. The van der Waals surface area contributed by atoms with Crippen LogP contribution in [0, 0.1) is 5.92 Å². The average Bonchev–Trinajstić information content (AvgIpc) is 3.05. The van der Waals surface area contributed by atoms with Gasteiger partial charge in [-0.1, -0.05) is 24.3 Å². The van der Waals surface area contributed by atoms with Gasteiger partial charge in [0.1, 0.15) is 4.90 Å². The van der Waals surface area contributed by atoms with Gasteiger partial charge in [0.15, 0.2) is 5.84 Å². The summed E-state index contributed by atoms with van der Waals surface area (Å²) in [6.07, 6.45) is 1.78. The van der Waals surface area contributed by atoms with E-state index in [-0.39, 0.29) is 21.6 Å². The number of nitrogens with one attached hydrogen (secondary N) is 1. The van der Waals surface area contributed by atoms with Crippen molar-refractivity contribution in [2.75, 3.05) is 19.6 Å². The highest BCUT2D eigenvalue weighted by molar-refractivity contribution is 7.90. The summed E-state index contributed by atoms with van der Waals surface area (Å²) in [6.45, 7) is 1.54. The summed E-state index contributed by atoms with van der Waals surface area (Å²) in [6, 6.07) is 13.0. The number of piperidine rings is 1. The van der Waals surface area contributed by atoms with Crippen molar-refractivity contribution in [2.45, 2.75) is 29.1 Å². The predicted molar refractivity (Wildman–Crippen MR) is 119 cm³/mol. The number of carbonyl (C=O) groups is 1. The summed E-state index contributed by atoms with van der Waals surface area (Å²) in [5, 5.41) is 8.02. The number of nitrogens with two attached hydrogens (primary N) is 1. The normalized spacial score (nSPS) is 18.2. The third-order valence-electron chi connectivity index (χ3n) is 5.74. The summed E-state index contributed by atoms with van der Waals surface area (Å²) in [7, 11) is -7.37. The van der Waals surface area contributed by atoms with Gasteiger partial charge < -0.3 is 10.2 Å². The fraction of sp³-hybridized carbons (Fsp3) is 0.333. The van der Waals surface area contributed by atoms with E-state index >= 15 is 0 Å². The molecule has 1 fully saturated rings. The first-order valence-electron chi connectivity index (χ1n) is 10.2. The number of sulfonamides is 2. The van der Waals surface area contributed by atoms with Crippen molar-refractivity contribution in [2.24, 2.45) is 15.5 Å². The van der Waals surface area contributed by atoms with Gasteiger partial charge in [-0.2, -0.15) is 8.42 Å². The maximum absolute atomic E-state index is 12.6. The Morgan fingerprint density at radius 1 is 1.09 bits per heavy atom. The molecule has 2 aliphatic rings. The summed E-state index contributed by atoms with van der Waals surface area (Å²) in [5.41, 5.74) is 1.51. The van der Waals surface area contributed by atoms with Crippen LogP contribution in [0.15, 0.2) is 62.7 Å². The molecule has 2 heterocycles. The van der Waals surface area contributed by atoms with Crippen molar-refractivity contribution in [1.82, 2.24) is 10.2 Å². The first-order chi connectivity index (χ1) is 15.1. The molecule has 1 saturated heterocycles. The number of hydrogen-bond donors (Lipinski definition) is 2. The number of primary sulfonamides is 1. The molecule has 0 atom stereocenters. The number of benzene rings is 2. The molecule has 1 amide bonds. The van der Waals surface area contributed by atoms with Crippen LogP contribution in [0.4, 0.5) is 0 Å². The molecule has 32 heavy (non-hydrogen) atoms. The SMILES string of the molecule is NS(=O)(=O)c1ccc(CCNC(=O)C2CCN(C3=NS(=O)(=O)c4ccccc43)CC2)cc1. The first-order valence-corrected chi connectivity index (χ1v) is 13.2. The number of rotatable bonds is 5. The fourth-order valence-electron chi connectivity index (χ4n) is 3.99. The van der Waals surface area contributed by atoms with Gasteiger partial charge in [0, 0.05) is 31.1 Å². The molecule has 2 aromatic rings. The van der Waals surface area contributed by atoms with E-state index in [1.807, 2.05) is 4.90 Å². The van der Waals surface area contributed by atoms with Gasteiger partial charge in [-0.15, -0.1) is 4.40 Å². The number of carbonyl (C=O) groups excluding carboxylic acids is 1. The van der Waals surface area contributed by atoms with E-state index in [2.05, 4.69) is 9.71 Å². The van der Waals surface area contributed by atoms with Crippen LogP contribution in [0.2, 0.25) is 0 Å². The fourth-order valence-corrected chi connectivity index (χ4v) is 5.73. The second kappa shape index (κ2) is 8.64. The molecule has 0 radical (unpaired) electrons. The molecule has 0 aromatic heterocycles. The van der Waals surface area contributed by atoms with Crippen LogP contribution >= 0.6 is 0 Å². The zero-order chi connectivity index (χ0) is 22.9. The number of amides is 1. The van der Waals surface area contributed by atoms with Crippen molar-refractivity contribution >= 4 is 31.8 Å². The lowest BCUT2D eigenvalue weighted by Crippen LogP contribution is -2.43. The first kappa shape index (κ1) is 22.4. The second-order valence-corrected chi connectivity index (χ2v) is 11.0. The Labute approximate surface area is 187 Å². The van der Waals surface area contributed by atoms with Crippen LogP contribution in [-0.2, 0) is 31.3 Å². The molecular formula is C21H24N4O5S2. The zero-order valence-corrected chi connectivity index (χ0v) is 18.9. The highest BCUT2D eigenvalue weighted by Gasteiger charge is 2.34. The van der Waals surface area contributed by atoms with Gasteiger partial charge in [0.05, 0.1) is 4.90 Å². The molecule has 0 spiro atoms. The Kier molecular flexibility index (Phi) is 6.06. The molecule has 2 aliphatic heterocycles. The Morgan fingerprint density at radius 3 is 2.41 bits per heavy atom. The predicted octanol–water partition coefficient (Wildman–Crippen LogP) is 0.854. The molecule has 0 bridgehead atoms. The lowest BCUT2D eigenvalue weighted by atomic mass is 9.95. The van der Waals surface area contributed by atoms with Gasteiger partial charge in [0.2, 0.25) is 15.9 Å². The minimum atomic E-state index is -3.72. The second-order valence-electron chi connectivity index (χ2n) is 7.88. The Hall–Kier alpha value is -2.76. The van der Waals surface area contributed by atoms with Gasteiger partial charge in [-0.05, 0) is 49.1 Å². The van der Waals surface area contributed by atoms with E-state index in [4.69, 9.17) is 5.14 Å². The van der Waals surface area contributed by atoms with Crippen molar-refractivity contribution in [3.63, 3.8) is 0 Å². The van der Waals surface area contributed by atoms with Crippen LogP contribution in [0.3, 0.4) is 0 Å². The molecule has 9 nitrogen and oxygen atoms in total. The van der Waals surface area contributed by atoms with E-state index in [0.717, 1.165) is 5.56 Å². The maximum Gasteiger partial charge on any atom is 0.285 e. The highest BCUT2D eigenvalue weighted by Crippen LogP contribution is 2.29. The molecule has 0 unspecified atom stereocenters. The molecule has 0 aliphatic carbocycles. The number of hydrogen-bond acceptors (Lipinski definition) is 6. The largest absolute Gasteiger partial charge is 0.356 e. The van der Waals surface area contributed by atoms with Crippen molar-refractivity contribution < 1.29 is 21.6 Å². The number of nitrogens with zero attached hydrogens (tertiary/aromatic N) is 2. The van der Waals surface area contributed by atoms with Crippen LogP contribution in [-0.4, -0.2) is 53.1 Å². The molecule has 2 aromatic carbocycles. The lowest BCUT2D eigenvalue weighted by molar-refractivity contribution is -0.126. The van der Waals surface area contributed by atoms with Crippen LogP contribution < -0.4 is 10.5 Å². The summed E-state index contributed by atoms with van der Waals surface area (Å²) in [5.74, 6) is 0.277. The average molecular weight is 477 g/mol. The molecule has 3 N–H and O–H groups in total. The number of fused-ring (bicyclic) bond motifs is 1. The van der Waals surface area contributed by atoms with E-state index in [1.54, 1.807) is 36.4 Å². The van der Waals surface area contributed by atoms with E-state index in [9.17, 15) is 21.6 Å². The number of likely N-dealkylation sites (tertiary alicyclic amines) is 1. The van der Waals surface area contributed by atoms with Crippen molar-refractivity contribution in [3.05, 3.63) is 59.7 Å². The maximum atomic E-state index is 12.6. The monoisotopic (exact) mass is 476 g/mol. The van der Waals surface area contributed by atoms with E-state index in [1.165, 1.54) is 12.1 Å². The standard InChI is InChI=1S/C21H24N4O5S2/c22-31(27,28)17-7-5-15(6-8-17)9-12-23-21(26)16-10-13-25(14-11-16)20-18-3-1-2-4-19(18)32(29,30)24-20/h1-8,16H,9-14H2,(H,23,26)(H2,22,27,28). The smallest absolute Gasteiger partial charge is 0.285 e.